The largest absolute Gasteiger partial charge is 0.573 e. The van der Waals surface area contributed by atoms with E-state index in [4.69, 9.17) is 5.73 Å². The minimum absolute atomic E-state index is 0.00593. The summed E-state index contributed by atoms with van der Waals surface area (Å²) in [6, 6.07) is 15.9. The molecule has 0 aliphatic rings. The van der Waals surface area contributed by atoms with Crippen molar-refractivity contribution in [1.29, 1.82) is 0 Å². The topological polar surface area (TPSA) is 119 Å². The molecule has 3 rings (SSSR count). The second kappa shape index (κ2) is 14.3. The van der Waals surface area contributed by atoms with E-state index in [1.165, 1.54) is 41.7 Å². The number of hydrogen-bond donors (Lipinski definition) is 2. The fourth-order valence-corrected chi connectivity index (χ4v) is 6.64. The van der Waals surface area contributed by atoms with E-state index in [0.29, 0.717) is 9.79 Å². The van der Waals surface area contributed by atoms with Gasteiger partial charge in [-0.2, -0.15) is 4.31 Å². The Morgan fingerprint density at radius 3 is 2.09 bits per heavy atom. The predicted octanol–water partition coefficient (Wildman–Crippen LogP) is 6.28. The van der Waals surface area contributed by atoms with Crippen LogP contribution in [0.2, 0.25) is 0 Å². The van der Waals surface area contributed by atoms with Crippen LogP contribution in [-0.4, -0.2) is 50.0 Å². The van der Waals surface area contributed by atoms with Gasteiger partial charge in [-0.3, -0.25) is 9.59 Å². The molecule has 8 nitrogen and oxygen atoms in total. The lowest BCUT2D eigenvalue weighted by molar-refractivity contribution is -0.274. The van der Waals surface area contributed by atoms with Gasteiger partial charge in [-0.1, -0.05) is 56.8 Å². The molecule has 1 atom stereocenters. The highest BCUT2D eigenvalue weighted by Crippen LogP contribution is 2.34. The molecule has 13 heteroatoms. The molecule has 3 N–H and O–H groups in total. The van der Waals surface area contributed by atoms with Crippen molar-refractivity contribution in [3.8, 4) is 5.75 Å². The minimum Gasteiger partial charge on any atom is -0.406 e. The predicted molar refractivity (Wildman–Crippen MR) is 168 cm³/mol. The van der Waals surface area contributed by atoms with E-state index >= 15 is 0 Å². The summed E-state index contributed by atoms with van der Waals surface area (Å²) >= 11 is 1.05. The van der Waals surface area contributed by atoms with Gasteiger partial charge < -0.3 is 15.8 Å². The number of primary amides is 1. The molecule has 0 aliphatic carbocycles. The lowest BCUT2D eigenvalue weighted by Crippen LogP contribution is -2.39. The Hall–Kier alpha value is -3.55. The van der Waals surface area contributed by atoms with Gasteiger partial charge in [0.05, 0.1) is 10.5 Å². The van der Waals surface area contributed by atoms with E-state index in [9.17, 15) is 31.2 Å². The number of nitrogens with one attached hydrogen (secondary N) is 1. The van der Waals surface area contributed by atoms with Gasteiger partial charge >= 0.3 is 6.36 Å². The highest BCUT2D eigenvalue weighted by Gasteiger charge is 2.31. The van der Waals surface area contributed by atoms with E-state index in [1.54, 1.807) is 13.8 Å². The van der Waals surface area contributed by atoms with Crippen LogP contribution in [0.4, 0.5) is 13.2 Å². The SMILES string of the molecule is CC(C)N(C)S(=O)(=O)c1ccc(Sc2ccc(OC(F)(F)F)cc2)c(C(=O)N[C@@H](CC(N)=O)Cc2ccc(C(C)(C)C)cc2)c1. The van der Waals surface area contributed by atoms with E-state index in [2.05, 4.69) is 30.8 Å². The number of rotatable bonds is 12. The molecule has 0 heterocycles. The van der Waals surface area contributed by atoms with Gasteiger partial charge in [-0.05, 0) is 79.3 Å². The molecule has 3 aromatic rings. The standard InChI is InChI=1S/C32H38F3N3O5S2/c1-20(2)38(6)45(41,42)26-15-16-28(44-25-13-11-24(12-14-25)43-32(33,34)35)27(19-26)30(40)37-23(18-29(36)39)17-21-7-9-22(10-8-21)31(3,4)5/h7-16,19-20,23H,17-18H2,1-6H3,(H2,36,39)(H,37,40)/t23-/m1/s1. The summed E-state index contributed by atoms with van der Waals surface area (Å²) in [5, 5.41) is 2.84. The molecule has 0 aliphatic heterocycles. The van der Waals surface area contributed by atoms with Crippen LogP contribution in [-0.2, 0) is 26.7 Å². The number of ether oxygens (including phenoxy) is 1. The minimum atomic E-state index is -4.85. The van der Waals surface area contributed by atoms with Crippen molar-refractivity contribution < 1.29 is 35.9 Å². The zero-order valence-corrected chi connectivity index (χ0v) is 27.6. The second-order valence-electron chi connectivity index (χ2n) is 11.9. The summed E-state index contributed by atoms with van der Waals surface area (Å²) in [5.74, 6) is -1.68. The maximum Gasteiger partial charge on any atom is 0.573 e. The van der Waals surface area contributed by atoms with Crippen LogP contribution >= 0.6 is 11.8 Å². The van der Waals surface area contributed by atoms with Gasteiger partial charge in [-0.25, -0.2) is 8.42 Å². The first-order chi connectivity index (χ1) is 20.8. The molecule has 0 fully saturated rings. The number of hydrogen-bond acceptors (Lipinski definition) is 6. The molecular formula is C32H38F3N3O5S2. The zero-order chi connectivity index (χ0) is 33.7. The first kappa shape index (κ1) is 35.9. The smallest absolute Gasteiger partial charge is 0.406 e. The monoisotopic (exact) mass is 665 g/mol. The van der Waals surface area contributed by atoms with E-state index < -0.39 is 40.0 Å². The average Bonchev–Trinajstić information content (AvgIpc) is 2.92. The molecule has 244 valence electrons. The molecule has 2 amide bonds. The van der Waals surface area contributed by atoms with Gasteiger partial charge in [0.1, 0.15) is 5.75 Å². The quantitative estimate of drug-likeness (QED) is 0.235. The van der Waals surface area contributed by atoms with Gasteiger partial charge in [0.15, 0.2) is 0 Å². The number of carbonyl (C=O) groups is 2. The van der Waals surface area contributed by atoms with Crippen molar-refractivity contribution in [2.24, 2.45) is 5.73 Å². The number of amides is 2. The maximum absolute atomic E-state index is 13.8. The Bertz CT molecular complexity index is 1600. The molecule has 0 spiro atoms. The van der Waals surface area contributed by atoms with Crippen LogP contribution in [0.3, 0.4) is 0 Å². The summed E-state index contributed by atoms with van der Waals surface area (Å²) in [6.45, 7) is 9.69. The number of nitrogens with two attached hydrogens (primary N) is 1. The van der Waals surface area contributed by atoms with E-state index in [-0.39, 0.29) is 34.8 Å². The summed E-state index contributed by atoms with van der Waals surface area (Å²) in [7, 11) is -2.54. The van der Waals surface area contributed by atoms with Crippen LogP contribution in [0.15, 0.2) is 81.4 Å². The highest BCUT2D eigenvalue weighted by molar-refractivity contribution is 7.99. The molecule has 0 aromatic heterocycles. The van der Waals surface area contributed by atoms with Crippen LogP contribution in [0.1, 0.15) is 62.5 Å². The molecule has 45 heavy (non-hydrogen) atoms. The first-order valence-electron chi connectivity index (χ1n) is 14.1. The summed E-state index contributed by atoms with van der Waals surface area (Å²) in [4.78, 5) is 26.4. The Kier molecular flexibility index (Phi) is 11.4. The Morgan fingerprint density at radius 1 is 0.978 bits per heavy atom. The lowest BCUT2D eigenvalue weighted by atomic mass is 9.86. The van der Waals surface area contributed by atoms with Crippen LogP contribution in [0, 0.1) is 0 Å². The Morgan fingerprint density at radius 2 is 1.58 bits per heavy atom. The van der Waals surface area contributed by atoms with E-state index in [1.807, 2.05) is 24.3 Å². The number of benzene rings is 3. The van der Waals surface area contributed by atoms with Gasteiger partial charge in [0.25, 0.3) is 5.91 Å². The molecule has 0 saturated carbocycles. The Balaban J connectivity index is 1.98. The summed E-state index contributed by atoms with van der Waals surface area (Å²) in [5.41, 5.74) is 7.43. The highest BCUT2D eigenvalue weighted by atomic mass is 32.2. The number of halogens is 3. The second-order valence-corrected chi connectivity index (χ2v) is 15.0. The van der Waals surface area contributed by atoms with Gasteiger partial charge in [-0.15, -0.1) is 13.2 Å². The van der Waals surface area contributed by atoms with Crippen LogP contribution in [0.25, 0.3) is 0 Å². The normalized spacial score (nSPS) is 13.1. The fourth-order valence-electron chi connectivity index (χ4n) is 4.32. The molecule has 0 saturated heterocycles. The van der Waals surface area contributed by atoms with Crippen LogP contribution in [0.5, 0.6) is 5.75 Å². The zero-order valence-electron chi connectivity index (χ0n) is 25.9. The fraction of sp³-hybridized carbons (Fsp3) is 0.375. The van der Waals surface area contributed by atoms with Crippen molar-refractivity contribution in [3.05, 3.63) is 83.4 Å². The number of sulfonamides is 1. The number of nitrogens with zero attached hydrogens (tertiary/aromatic N) is 1. The first-order valence-corrected chi connectivity index (χ1v) is 16.4. The molecule has 0 radical (unpaired) electrons. The van der Waals surface area contributed by atoms with Gasteiger partial charge in [0.2, 0.25) is 15.9 Å². The maximum atomic E-state index is 13.8. The van der Waals surface area contributed by atoms with Crippen LogP contribution < -0.4 is 15.8 Å². The third-order valence-electron chi connectivity index (χ3n) is 6.97. The van der Waals surface area contributed by atoms with E-state index in [0.717, 1.165) is 35.0 Å². The summed E-state index contributed by atoms with van der Waals surface area (Å²) < 4.78 is 69.5. The lowest BCUT2D eigenvalue weighted by Gasteiger charge is -2.23. The van der Waals surface area contributed by atoms with Crippen molar-refractivity contribution in [2.45, 2.75) is 86.0 Å². The molecule has 0 unspecified atom stereocenters. The number of alkyl halides is 3. The third-order valence-corrected chi connectivity index (χ3v) is 10.1. The molecule has 3 aromatic carbocycles. The number of carbonyl (C=O) groups excluding carboxylic acids is 2. The van der Waals surface area contributed by atoms with Crippen molar-refractivity contribution >= 4 is 33.6 Å². The summed E-state index contributed by atoms with van der Waals surface area (Å²) in [6.07, 6.45) is -4.72. The van der Waals surface area contributed by atoms with Crippen molar-refractivity contribution in [2.75, 3.05) is 7.05 Å². The third kappa shape index (κ3) is 10.2. The van der Waals surface area contributed by atoms with Crippen molar-refractivity contribution in [3.63, 3.8) is 0 Å². The van der Waals surface area contributed by atoms with Crippen molar-refractivity contribution in [1.82, 2.24) is 9.62 Å². The molecule has 0 bridgehead atoms. The Labute approximate surface area is 266 Å². The average molecular weight is 666 g/mol. The van der Waals surface area contributed by atoms with Gasteiger partial charge in [0, 0.05) is 35.3 Å². The molecular weight excluding hydrogens is 627 g/mol.